The van der Waals surface area contributed by atoms with E-state index in [1.807, 2.05) is 11.4 Å². The lowest BCUT2D eigenvalue weighted by atomic mass is 10.1. The van der Waals surface area contributed by atoms with Crippen LogP contribution in [0, 0.1) is 12.7 Å². The molecule has 0 radical (unpaired) electrons. The lowest BCUT2D eigenvalue weighted by molar-refractivity contribution is 0.588. The van der Waals surface area contributed by atoms with Crippen LogP contribution in [0.4, 0.5) is 9.52 Å². The van der Waals surface area contributed by atoms with Crippen LogP contribution in [0.25, 0.3) is 0 Å². The van der Waals surface area contributed by atoms with Gasteiger partial charge in [0.15, 0.2) is 5.13 Å². The summed E-state index contributed by atoms with van der Waals surface area (Å²) < 4.78 is 15.7. The van der Waals surface area contributed by atoms with Crippen LogP contribution in [-0.2, 0) is 0 Å². The van der Waals surface area contributed by atoms with Crippen LogP contribution in [0.2, 0.25) is 0 Å². The summed E-state index contributed by atoms with van der Waals surface area (Å²) in [7, 11) is 0. The van der Waals surface area contributed by atoms with Crippen molar-refractivity contribution in [2.24, 2.45) is 0 Å². The smallest absolute Gasteiger partial charge is 0.196 e. The van der Waals surface area contributed by atoms with E-state index in [9.17, 15) is 4.39 Å². The van der Waals surface area contributed by atoms with Gasteiger partial charge in [0.05, 0.1) is 0 Å². The van der Waals surface area contributed by atoms with E-state index in [0.29, 0.717) is 5.56 Å². The number of thiazole rings is 1. The number of rotatable bonds is 3. The van der Waals surface area contributed by atoms with Gasteiger partial charge < -0.3 is 0 Å². The van der Waals surface area contributed by atoms with Gasteiger partial charge in [0, 0.05) is 22.0 Å². The summed E-state index contributed by atoms with van der Waals surface area (Å²) in [6, 6.07) is 5.32. The Bertz CT molecular complexity index is 547. The lowest BCUT2D eigenvalue weighted by Gasteiger charge is -2.33. The molecule has 0 spiro atoms. The molecule has 0 saturated carbocycles. The third kappa shape index (κ3) is 3.48. The van der Waals surface area contributed by atoms with Gasteiger partial charge in [-0.05, 0) is 57.3 Å². The Hall–Kier alpha value is -1.07. The van der Waals surface area contributed by atoms with Crippen molar-refractivity contribution in [2.75, 3.05) is 4.31 Å². The van der Waals surface area contributed by atoms with Crippen molar-refractivity contribution in [3.63, 3.8) is 0 Å². The van der Waals surface area contributed by atoms with Gasteiger partial charge in [-0.15, -0.1) is 11.3 Å². The molecule has 0 bridgehead atoms. The van der Waals surface area contributed by atoms with Crippen molar-refractivity contribution < 1.29 is 4.39 Å². The van der Waals surface area contributed by atoms with Crippen molar-refractivity contribution in [3.8, 4) is 0 Å². The largest absolute Gasteiger partial charge is 0.282 e. The zero-order valence-electron chi connectivity index (χ0n) is 11.5. The van der Waals surface area contributed by atoms with E-state index in [1.165, 1.54) is 11.9 Å². The van der Waals surface area contributed by atoms with Crippen LogP contribution in [0.1, 0.15) is 26.3 Å². The molecule has 1 aromatic carbocycles. The summed E-state index contributed by atoms with van der Waals surface area (Å²) in [5.41, 5.74) is 0.574. The number of hydrogen-bond acceptors (Lipinski definition) is 4. The zero-order chi connectivity index (χ0) is 14.0. The molecule has 102 valence electrons. The Morgan fingerprint density at radius 2 is 2.05 bits per heavy atom. The maximum atomic E-state index is 13.6. The number of aryl methyl sites for hydroxylation is 1. The van der Waals surface area contributed by atoms with Gasteiger partial charge in [-0.3, -0.25) is 4.31 Å². The molecule has 1 heterocycles. The quantitative estimate of drug-likeness (QED) is 0.749. The minimum Gasteiger partial charge on any atom is -0.282 e. The summed E-state index contributed by atoms with van der Waals surface area (Å²) in [4.78, 5) is 5.23. The van der Waals surface area contributed by atoms with Crippen LogP contribution < -0.4 is 4.31 Å². The van der Waals surface area contributed by atoms with Gasteiger partial charge in [0.25, 0.3) is 0 Å². The van der Waals surface area contributed by atoms with Crippen molar-refractivity contribution in [1.29, 1.82) is 0 Å². The first kappa shape index (κ1) is 14.3. The fourth-order valence-corrected chi connectivity index (χ4v) is 3.39. The molecule has 0 aliphatic heterocycles. The summed E-state index contributed by atoms with van der Waals surface area (Å²) in [5, 5.41) is 2.88. The van der Waals surface area contributed by atoms with Gasteiger partial charge >= 0.3 is 0 Å². The second kappa shape index (κ2) is 5.51. The molecule has 2 rings (SSSR count). The van der Waals surface area contributed by atoms with Crippen LogP contribution in [0.15, 0.2) is 34.7 Å². The third-order valence-corrected chi connectivity index (χ3v) is 4.78. The molecule has 0 aliphatic carbocycles. The molecule has 0 unspecified atom stereocenters. The number of aromatic nitrogens is 1. The molecule has 1 aromatic heterocycles. The van der Waals surface area contributed by atoms with Crippen molar-refractivity contribution in [1.82, 2.24) is 4.98 Å². The highest BCUT2D eigenvalue weighted by atomic mass is 32.2. The number of anilines is 1. The van der Waals surface area contributed by atoms with Gasteiger partial charge in [0.1, 0.15) is 5.82 Å². The fourth-order valence-electron chi connectivity index (χ4n) is 1.51. The van der Waals surface area contributed by atoms with Gasteiger partial charge in [-0.25, -0.2) is 9.37 Å². The van der Waals surface area contributed by atoms with Gasteiger partial charge in [-0.1, -0.05) is 6.07 Å². The Morgan fingerprint density at radius 1 is 1.32 bits per heavy atom. The second-order valence-electron chi connectivity index (χ2n) is 5.28. The number of nitrogens with zero attached hydrogens (tertiary/aromatic N) is 2. The summed E-state index contributed by atoms with van der Waals surface area (Å²) >= 11 is 3.10. The molecule has 0 fully saturated rings. The van der Waals surface area contributed by atoms with E-state index in [2.05, 4.69) is 30.1 Å². The molecule has 0 saturated heterocycles. The molecule has 0 N–H and O–H groups in total. The van der Waals surface area contributed by atoms with E-state index in [0.717, 1.165) is 10.0 Å². The van der Waals surface area contributed by atoms with Crippen molar-refractivity contribution >= 4 is 28.4 Å². The van der Waals surface area contributed by atoms with Crippen LogP contribution in [0.3, 0.4) is 0 Å². The van der Waals surface area contributed by atoms with E-state index in [-0.39, 0.29) is 11.4 Å². The molecule has 2 nitrogen and oxygen atoms in total. The molecule has 19 heavy (non-hydrogen) atoms. The maximum absolute atomic E-state index is 13.6. The standard InChI is InChI=1S/C14H17FN2S2/c1-10-5-6-11(9-12(10)15)19-17(14(2,3)4)13-16-7-8-18-13/h5-9H,1-4H3. The predicted octanol–water partition coefficient (Wildman–Crippen LogP) is 4.90. The highest BCUT2D eigenvalue weighted by molar-refractivity contribution is 8.00. The van der Waals surface area contributed by atoms with E-state index >= 15 is 0 Å². The average Bonchev–Trinajstić information content (AvgIpc) is 2.82. The predicted molar refractivity (Wildman–Crippen MR) is 81.3 cm³/mol. The summed E-state index contributed by atoms with van der Waals surface area (Å²) in [6.07, 6.45) is 1.79. The highest BCUT2D eigenvalue weighted by Crippen LogP contribution is 2.36. The highest BCUT2D eigenvalue weighted by Gasteiger charge is 2.25. The lowest BCUT2D eigenvalue weighted by Crippen LogP contribution is -2.35. The van der Waals surface area contributed by atoms with Gasteiger partial charge in [-0.2, -0.15) is 0 Å². The van der Waals surface area contributed by atoms with Crippen LogP contribution in [-0.4, -0.2) is 10.5 Å². The van der Waals surface area contributed by atoms with Crippen molar-refractivity contribution in [2.45, 2.75) is 38.1 Å². The molecule has 0 aliphatic rings. The Kier molecular flexibility index (Phi) is 4.16. The topological polar surface area (TPSA) is 16.1 Å². The molecule has 5 heteroatoms. The Labute approximate surface area is 121 Å². The first-order valence-electron chi connectivity index (χ1n) is 6.02. The minimum absolute atomic E-state index is 0.0934. The van der Waals surface area contributed by atoms with E-state index in [4.69, 9.17) is 0 Å². The summed E-state index contributed by atoms with van der Waals surface area (Å²) in [6.45, 7) is 8.12. The molecule has 2 aromatic rings. The zero-order valence-corrected chi connectivity index (χ0v) is 13.1. The third-order valence-electron chi connectivity index (χ3n) is 2.54. The number of hydrogen-bond donors (Lipinski definition) is 0. The van der Waals surface area contributed by atoms with E-state index < -0.39 is 0 Å². The normalized spacial score (nSPS) is 11.6. The molecular formula is C14H17FN2S2. The summed E-state index contributed by atoms with van der Waals surface area (Å²) in [5.74, 6) is -0.169. The van der Waals surface area contributed by atoms with Crippen LogP contribution >= 0.6 is 23.3 Å². The van der Waals surface area contributed by atoms with Crippen LogP contribution in [0.5, 0.6) is 0 Å². The Morgan fingerprint density at radius 3 is 2.58 bits per heavy atom. The first-order valence-corrected chi connectivity index (χ1v) is 7.67. The van der Waals surface area contributed by atoms with Crippen molar-refractivity contribution in [3.05, 3.63) is 41.2 Å². The number of benzene rings is 1. The first-order chi connectivity index (χ1) is 8.88. The Balaban J connectivity index is 2.28. The molecular weight excluding hydrogens is 279 g/mol. The maximum Gasteiger partial charge on any atom is 0.196 e. The minimum atomic E-state index is -0.169. The average molecular weight is 296 g/mol. The number of halogens is 1. The monoisotopic (exact) mass is 296 g/mol. The second-order valence-corrected chi connectivity index (χ2v) is 7.17. The molecule has 0 atom stereocenters. The fraction of sp³-hybridized carbons (Fsp3) is 0.357. The van der Waals surface area contributed by atoms with E-state index in [1.54, 1.807) is 36.6 Å². The van der Waals surface area contributed by atoms with Gasteiger partial charge in [0.2, 0.25) is 0 Å². The SMILES string of the molecule is Cc1ccc(SN(c2nccs2)C(C)(C)C)cc1F. The molecule has 0 amide bonds.